The van der Waals surface area contributed by atoms with Crippen LogP contribution in [0.2, 0.25) is 0 Å². The fourth-order valence-corrected chi connectivity index (χ4v) is 0.936. The second kappa shape index (κ2) is 4.57. The fraction of sp³-hybridized carbons (Fsp3) is 0.333. The molecule has 0 fully saturated rings. The molecule has 0 saturated heterocycles. The minimum absolute atomic E-state index is 0.188. The number of nitrogens with zero attached hydrogens (tertiary/aromatic N) is 1. The second-order valence-electron chi connectivity index (χ2n) is 2.56. The van der Waals surface area contributed by atoms with Gasteiger partial charge in [-0.2, -0.15) is 0 Å². The highest BCUT2D eigenvalue weighted by Gasteiger charge is 2.15. The number of pyridine rings is 1. The molecule has 0 unspecified atom stereocenters. The van der Waals surface area contributed by atoms with Gasteiger partial charge >= 0.3 is 5.97 Å². The van der Waals surface area contributed by atoms with E-state index < -0.39 is 12.1 Å². The predicted molar refractivity (Wildman–Crippen MR) is 46.0 cm³/mol. The standard InChI is InChI=1S/C9H11NO3/c1-13-9(12)8(11)6-7-4-2-3-5-10-7/h2-5,8,11H,6H2,1H3/t8-/m0/s1. The van der Waals surface area contributed by atoms with Gasteiger partial charge in [-0.1, -0.05) is 6.07 Å². The van der Waals surface area contributed by atoms with Crippen molar-refractivity contribution in [2.45, 2.75) is 12.5 Å². The molecule has 1 heterocycles. The third kappa shape index (κ3) is 2.83. The summed E-state index contributed by atoms with van der Waals surface area (Å²) >= 11 is 0. The molecular formula is C9H11NO3. The van der Waals surface area contributed by atoms with Gasteiger partial charge in [0.05, 0.1) is 7.11 Å². The molecule has 1 aromatic heterocycles. The largest absolute Gasteiger partial charge is 0.467 e. The van der Waals surface area contributed by atoms with E-state index >= 15 is 0 Å². The van der Waals surface area contributed by atoms with E-state index in [1.165, 1.54) is 7.11 Å². The van der Waals surface area contributed by atoms with Crippen molar-refractivity contribution in [3.8, 4) is 0 Å². The van der Waals surface area contributed by atoms with E-state index in [9.17, 15) is 9.90 Å². The molecule has 0 aliphatic carbocycles. The Labute approximate surface area is 76.2 Å². The Kier molecular flexibility index (Phi) is 3.40. The molecule has 0 bridgehead atoms. The Morgan fingerprint density at radius 1 is 1.69 bits per heavy atom. The van der Waals surface area contributed by atoms with Crippen LogP contribution in [0.3, 0.4) is 0 Å². The van der Waals surface area contributed by atoms with Gasteiger partial charge in [0.25, 0.3) is 0 Å². The van der Waals surface area contributed by atoms with Gasteiger partial charge in [0.15, 0.2) is 6.10 Å². The number of aliphatic hydroxyl groups excluding tert-OH is 1. The van der Waals surface area contributed by atoms with Gasteiger partial charge in [-0.15, -0.1) is 0 Å². The molecule has 1 atom stereocenters. The zero-order valence-electron chi connectivity index (χ0n) is 7.30. The van der Waals surface area contributed by atoms with Crippen molar-refractivity contribution in [3.05, 3.63) is 30.1 Å². The van der Waals surface area contributed by atoms with Gasteiger partial charge in [-0.3, -0.25) is 4.98 Å². The maximum absolute atomic E-state index is 10.8. The van der Waals surface area contributed by atoms with Gasteiger partial charge in [0.2, 0.25) is 0 Å². The first-order valence-corrected chi connectivity index (χ1v) is 3.90. The van der Waals surface area contributed by atoms with Crippen molar-refractivity contribution in [1.82, 2.24) is 4.98 Å². The predicted octanol–water partition coefficient (Wildman–Crippen LogP) is 0.158. The average molecular weight is 181 g/mol. The van der Waals surface area contributed by atoms with Crippen molar-refractivity contribution >= 4 is 5.97 Å². The SMILES string of the molecule is COC(=O)[C@@H](O)Cc1ccccn1. The zero-order valence-corrected chi connectivity index (χ0v) is 7.30. The molecule has 4 nitrogen and oxygen atoms in total. The van der Waals surface area contributed by atoms with Crippen LogP contribution in [-0.2, 0) is 16.0 Å². The van der Waals surface area contributed by atoms with E-state index in [0.717, 1.165) is 0 Å². The molecule has 0 radical (unpaired) electrons. The lowest BCUT2D eigenvalue weighted by Crippen LogP contribution is -2.24. The van der Waals surface area contributed by atoms with Crippen LogP contribution in [0.15, 0.2) is 24.4 Å². The Bertz CT molecular complexity index is 273. The van der Waals surface area contributed by atoms with Crippen LogP contribution in [0.25, 0.3) is 0 Å². The lowest BCUT2D eigenvalue weighted by molar-refractivity contribution is -0.150. The molecule has 0 amide bonds. The van der Waals surface area contributed by atoms with Crippen LogP contribution in [-0.4, -0.2) is 29.3 Å². The summed E-state index contributed by atoms with van der Waals surface area (Å²) in [7, 11) is 1.24. The van der Waals surface area contributed by atoms with Crippen molar-refractivity contribution in [3.63, 3.8) is 0 Å². The molecule has 1 rings (SSSR count). The van der Waals surface area contributed by atoms with Gasteiger partial charge < -0.3 is 9.84 Å². The third-order valence-electron chi connectivity index (χ3n) is 1.60. The van der Waals surface area contributed by atoms with Crippen molar-refractivity contribution in [1.29, 1.82) is 0 Å². The smallest absolute Gasteiger partial charge is 0.335 e. The molecule has 0 spiro atoms. The van der Waals surface area contributed by atoms with E-state index in [-0.39, 0.29) is 6.42 Å². The van der Waals surface area contributed by atoms with Crippen LogP contribution < -0.4 is 0 Å². The minimum Gasteiger partial charge on any atom is -0.467 e. The number of ether oxygens (including phenoxy) is 1. The Balaban J connectivity index is 2.55. The van der Waals surface area contributed by atoms with Gasteiger partial charge in [-0.25, -0.2) is 4.79 Å². The quantitative estimate of drug-likeness (QED) is 0.675. The monoisotopic (exact) mass is 181 g/mol. The molecule has 13 heavy (non-hydrogen) atoms. The highest BCUT2D eigenvalue weighted by atomic mass is 16.5. The molecule has 70 valence electrons. The fourth-order valence-electron chi connectivity index (χ4n) is 0.936. The average Bonchev–Trinajstić information content (AvgIpc) is 2.18. The summed E-state index contributed by atoms with van der Waals surface area (Å²) in [6, 6.07) is 5.31. The summed E-state index contributed by atoms with van der Waals surface area (Å²) < 4.78 is 4.37. The molecule has 1 aromatic rings. The number of aromatic nitrogens is 1. The molecule has 0 aliphatic rings. The molecule has 4 heteroatoms. The highest BCUT2D eigenvalue weighted by molar-refractivity contribution is 5.74. The lowest BCUT2D eigenvalue weighted by Gasteiger charge is -2.06. The molecule has 1 N–H and O–H groups in total. The van der Waals surface area contributed by atoms with E-state index in [2.05, 4.69) is 9.72 Å². The van der Waals surface area contributed by atoms with Gasteiger partial charge in [0.1, 0.15) is 0 Å². The number of carbonyl (C=O) groups excluding carboxylic acids is 1. The minimum atomic E-state index is -1.13. The molecule has 0 saturated carbocycles. The molecule has 0 aliphatic heterocycles. The van der Waals surface area contributed by atoms with Gasteiger partial charge in [0, 0.05) is 18.3 Å². The summed E-state index contributed by atoms with van der Waals surface area (Å²) in [5.41, 5.74) is 0.667. The number of hydrogen-bond donors (Lipinski definition) is 1. The second-order valence-corrected chi connectivity index (χ2v) is 2.56. The van der Waals surface area contributed by atoms with Crippen molar-refractivity contribution in [2.24, 2.45) is 0 Å². The van der Waals surface area contributed by atoms with Crippen LogP contribution >= 0.6 is 0 Å². The Morgan fingerprint density at radius 3 is 3.00 bits per heavy atom. The summed E-state index contributed by atoms with van der Waals surface area (Å²) in [5, 5.41) is 9.26. The van der Waals surface area contributed by atoms with E-state index in [0.29, 0.717) is 5.69 Å². The topological polar surface area (TPSA) is 59.4 Å². The molecular weight excluding hydrogens is 170 g/mol. The number of esters is 1. The third-order valence-corrected chi connectivity index (χ3v) is 1.60. The zero-order chi connectivity index (χ0) is 9.68. The Hall–Kier alpha value is -1.42. The van der Waals surface area contributed by atoms with Gasteiger partial charge in [-0.05, 0) is 12.1 Å². The van der Waals surface area contributed by atoms with Crippen molar-refractivity contribution in [2.75, 3.05) is 7.11 Å². The summed E-state index contributed by atoms with van der Waals surface area (Å²) in [4.78, 5) is 14.8. The summed E-state index contributed by atoms with van der Waals surface area (Å²) in [6.07, 6.45) is 0.673. The summed E-state index contributed by atoms with van der Waals surface area (Å²) in [5.74, 6) is -0.634. The highest BCUT2D eigenvalue weighted by Crippen LogP contribution is 2.00. The number of carbonyl (C=O) groups is 1. The first kappa shape index (κ1) is 9.67. The first-order valence-electron chi connectivity index (χ1n) is 3.90. The van der Waals surface area contributed by atoms with Crippen LogP contribution in [0.4, 0.5) is 0 Å². The van der Waals surface area contributed by atoms with E-state index in [1.54, 1.807) is 24.4 Å². The van der Waals surface area contributed by atoms with Crippen LogP contribution in [0.5, 0.6) is 0 Å². The first-order chi connectivity index (χ1) is 6.24. The maximum atomic E-state index is 10.8. The number of methoxy groups -OCH3 is 1. The van der Waals surface area contributed by atoms with Crippen molar-refractivity contribution < 1.29 is 14.6 Å². The normalized spacial score (nSPS) is 12.2. The lowest BCUT2D eigenvalue weighted by atomic mass is 10.2. The number of hydrogen-bond acceptors (Lipinski definition) is 4. The van der Waals surface area contributed by atoms with Crippen LogP contribution in [0.1, 0.15) is 5.69 Å². The van der Waals surface area contributed by atoms with E-state index in [1.807, 2.05) is 0 Å². The van der Waals surface area contributed by atoms with Crippen LogP contribution in [0, 0.1) is 0 Å². The summed E-state index contributed by atoms with van der Waals surface area (Å²) in [6.45, 7) is 0. The number of rotatable bonds is 3. The Morgan fingerprint density at radius 2 is 2.46 bits per heavy atom. The maximum Gasteiger partial charge on any atom is 0.335 e. The molecule has 0 aromatic carbocycles. The number of aliphatic hydroxyl groups is 1. The van der Waals surface area contributed by atoms with E-state index in [4.69, 9.17) is 0 Å².